The Kier molecular flexibility index (Phi) is 9.47. The monoisotopic (exact) mass is 480 g/mol. The SMILES string of the molecule is C=C/C(=C\C=CCC1CC1)NC(=O)Nc1cccc([C@H](C)NC2=NC(C)/C(=C\N(C)CC)N=C2)c1.[HH].[HH].[HH]. The molecule has 1 fully saturated rings. The van der Waals surface area contributed by atoms with Crippen molar-refractivity contribution in [1.82, 2.24) is 15.5 Å². The average Bonchev–Trinajstić information content (AvgIpc) is 3.67. The first-order valence-electron chi connectivity index (χ1n) is 12.4. The van der Waals surface area contributed by atoms with Crippen LogP contribution in [0.5, 0.6) is 0 Å². The van der Waals surface area contributed by atoms with Crippen molar-refractivity contribution in [2.45, 2.75) is 52.1 Å². The lowest BCUT2D eigenvalue weighted by atomic mass is 10.1. The summed E-state index contributed by atoms with van der Waals surface area (Å²) < 4.78 is 0. The lowest BCUT2D eigenvalue weighted by Crippen LogP contribution is -2.32. The number of hydrogen-bond acceptors (Lipinski definition) is 5. The molecule has 0 aromatic heterocycles. The van der Waals surface area contributed by atoms with Gasteiger partial charge in [0.1, 0.15) is 5.84 Å². The van der Waals surface area contributed by atoms with Gasteiger partial charge in [0.2, 0.25) is 0 Å². The molecule has 0 radical (unpaired) electrons. The highest BCUT2D eigenvalue weighted by atomic mass is 16.2. The number of hydrogen-bond donors (Lipinski definition) is 3. The summed E-state index contributed by atoms with van der Waals surface area (Å²) in [5.41, 5.74) is 3.34. The van der Waals surface area contributed by atoms with Crippen molar-refractivity contribution in [2.24, 2.45) is 15.9 Å². The van der Waals surface area contributed by atoms with E-state index in [1.807, 2.05) is 56.6 Å². The average molecular weight is 481 g/mol. The van der Waals surface area contributed by atoms with Crippen LogP contribution in [0.1, 0.15) is 55.9 Å². The van der Waals surface area contributed by atoms with Crippen molar-refractivity contribution in [3.63, 3.8) is 0 Å². The van der Waals surface area contributed by atoms with Gasteiger partial charge >= 0.3 is 6.03 Å². The third-order valence-electron chi connectivity index (χ3n) is 6.01. The second-order valence-corrected chi connectivity index (χ2v) is 9.08. The van der Waals surface area contributed by atoms with E-state index < -0.39 is 0 Å². The van der Waals surface area contributed by atoms with Gasteiger partial charge in [-0.1, -0.05) is 30.9 Å². The number of nitrogens with zero attached hydrogens (tertiary/aromatic N) is 3. The summed E-state index contributed by atoms with van der Waals surface area (Å²) in [4.78, 5) is 23.9. The van der Waals surface area contributed by atoms with Gasteiger partial charge in [-0.3, -0.25) is 9.98 Å². The molecule has 1 unspecified atom stereocenters. The molecule has 35 heavy (non-hydrogen) atoms. The maximum Gasteiger partial charge on any atom is 0.323 e. The van der Waals surface area contributed by atoms with Gasteiger partial charge in [-0.25, -0.2) is 4.79 Å². The second-order valence-electron chi connectivity index (χ2n) is 9.08. The molecular formula is C28H44N6O. The number of urea groups is 1. The minimum absolute atomic E-state index is 0. The highest BCUT2D eigenvalue weighted by Crippen LogP contribution is 2.32. The molecule has 1 aromatic rings. The van der Waals surface area contributed by atoms with Crippen LogP contribution in [0.2, 0.25) is 0 Å². The van der Waals surface area contributed by atoms with Crippen LogP contribution in [-0.4, -0.2) is 42.6 Å². The van der Waals surface area contributed by atoms with E-state index in [-0.39, 0.29) is 22.4 Å². The Morgan fingerprint density at radius 1 is 1.37 bits per heavy atom. The Hall–Kier alpha value is -3.61. The van der Waals surface area contributed by atoms with Crippen LogP contribution in [0.15, 0.2) is 82.7 Å². The molecule has 3 rings (SSSR count). The van der Waals surface area contributed by atoms with Gasteiger partial charge in [-0.2, -0.15) is 0 Å². The van der Waals surface area contributed by atoms with Gasteiger partial charge in [0.15, 0.2) is 0 Å². The first kappa shape index (κ1) is 26.0. The molecule has 3 N–H and O–H groups in total. The molecule has 1 aliphatic carbocycles. The fourth-order valence-electron chi connectivity index (χ4n) is 3.53. The zero-order valence-corrected chi connectivity index (χ0v) is 21.3. The number of allylic oxidation sites excluding steroid dienone is 4. The number of nitrogens with one attached hydrogen (secondary N) is 3. The Morgan fingerprint density at radius 3 is 2.86 bits per heavy atom. The van der Waals surface area contributed by atoms with Gasteiger partial charge in [0, 0.05) is 35.5 Å². The van der Waals surface area contributed by atoms with E-state index in [0.29, 0.717) is 11.4 Å². The molecule has 0 spiro atoms. The highest BCUT2D eigenvalue weighted by molar-refractivity contribution is 6.30. The summed E-state index contributed by atoms with van der Waals surface area (Å²) in [5, 5.41) is 9.16. The number of aliphatic imine (C=N–C) groups is 2. The number of benzene rings is 1. The Labute approximate surface area is 214 Å². The first-order chi connectivity index (χ1) is 16.9. The lowest BCUT2D eigenvalue weighted by Gasteiger charge is -2.21. The summed E-state index contributed by atoms with van der Waals surface area (Å²) in [6.45, 7) is 10.9. The normalized spacial score (nSPS) is 19.9. The van der Waals surface area contributed by atoms with Gasteiger partial charge in [0.05, 0.1) is 24.0 Å². The van der Waals surface area contributed by atoms with Gasteiger partial charge < -0.3 is 20.9 Å². The van der Waals surface area contributed by atoms with Crippen LogP contribution in [-0.2, 0) is 0 Å². The molecule has 1 aromatic carbocycles. The van der Waals surface area contributed by atoms with Gasteiger partial charge in [-0.15, -0.1) is 0 Å². The predicted molar refractivity (Wildman–Crippen MR) is 153 cm³/mol. The molecule has 1 saturated carbocycles. The van der Waals surface area contributed by atoms with Crippen molar-refractivity contribution >= 4 is 23.8 Å². The van der Waals surface area contributed by atoms with E-state index in [1.165, 1.54) is 12.8 Å². The number of carbonyl (C=O) groups excluding carboxylic acids is 1. The van der Waals surface area contributed by atoms with Gasteiger partial charge in [-0.05, 0) is 75.8 Å². The first-order valence-corrected chi connectivity index (χ1v) is 12.4. The fourth-order valence-corrected chi connectivity index (χ4v) is 3.53. The van der Waals surface area contributed by atoms with E-state index in [9.17, 15) is 4.79 Å². The quantitative estimate of drug-likeness (QED) is 0.344. The third kappa shape index (κ3) is 8.59. The summed E-state index contributed by atoms with van der Waals surface area (Å²) in [7, 11) is 2.03. The Bertz CT molecular complexity index is 1060. The summed E-state index contributed by atoms with van der Waals surface area (Å²) in [6.07, 6.45) is 15.2. The van der Waals surface area contributed by atoms with Gasteiger partial charge in [0.25, 0.3) is 0 Å². The zero-order chi connectivity index (χ0) is 25.2. The maximum atomic E-state index is 12.5. The standard InChI is InChI=1S/C28H38N6O.3H2/c1-6-24(13-9-8-11-22-15-16-22)32-28(35)33-25-14-10-12-23(17-25)20(3)30-27-18-29-26(21(4)31-27)19-34(5)7-2;;;/h6,8-10,12-14,17-22H,1,7,11,15-16H2,2-5H3,(H,30,31)(H2,32,33,35);3*1H/b9-8?,24-13+,26-19+;;;/t20-,21?;;;/m0.../s1. The molecule has 7 nitrogen and oxygen atoms in total. The van der Waals surface area contributed by atoms with E-state index >= 15 is 0 Å². The molecule has 0 saturated heterocycles. The molecule has 1 heterocycles. The predicted octanol–water partition coefficient (Wildman–Crippen LogP) is 6.29. The van der Waals surface area contributed by atoms with Crippen molar-refractivity contribution in [2.75, 3.05) is 18.9 Å². The largest absolute Gasteiger partial charge is 0.379 e. The molecule has 192 valence electrons. The zero-order valence-electron chi connectivity index (χ0n) is 21.3. The molecule has 7 heteroatoms. The summed E-state index contributed by atoms with van der Waals surface area (Å²) >= 11 is 0. The topological polar surface area (TPSA) is 81.1 Å². The molecule has 1 aliphatic heterocycles. The molecule has 0 bridgehead atoms. The minimum Gasteiger partial charge on any atom is -0.379 e. The molecule has 2 aliphatic rings. The fraction of sp³-hybridized carbons (Fsp3) is 0.393. The number of amidine groups is 1. The number of anilines is 1. The van der Waals surface area contributed by atoms with E-state index in [1.54, 1.807) is 12.3 Å². The molecular weight excluding hydrogens is 436 g/mol. The van der Waals surface area contributed by atoms with Crippen molar-refractivity contribution < 1.29 is 9.07 Å². The van der Waals surface area contributed by atoms with E-state index in [2.05, 4.69) is 52.3 Å². The Morgan fingerprint density at radius 2 is 2.17 bits per heavy atom. The van der Waals surface area contributed by atoms with E-state index in [4.69, 9.17) is 4.99 Å². The number of amides is 2. The highest BCUT2D eigenvalue weighted by Gasteiger charge is 2.18. The van der Waals surface area contributed by atoms with Crippen LogP contribution in [0, 0.1) is 5.92 Å². The van der Waals surface area contributed by atoms with Crippen LogP contribution in [0.25, 0.3) is 0 Å². The molecule has 2 amide bonds. The smallest absolute Gasteiger partial charge is 0.323 e. The van der Waals surface area contributed by atoms with Crippen molar-refractivity contribution in [1.29, 1.82) is 0 Å². The van der Waals surface area contributed by atoms with Crippen molar-refractivity contribution in [3.8, 4) is 0 Å². The minimum atomic E-state index is -0.307. The summed E-state index contributed by atoms with van der Waals surface area (Å²) in [5.74, 6) is 1.59. The van der Waals surface area contributed by atoms with Crippen LogP contribution < -0.4 is 16.0 Å². The third-order valence-corrected chi connectivity index (χ3v) is 6.01. The van der Waals surface area contributed by atoms with Crippen LogP contribution >= 0.6 is 0 Å². The van der Waals surface area contributed by atoms with Crippen LogP contribution in [0.4, 0.5) is 10.5 Å². The maximum absolute atomic E-state index is 12.5. The number of rotatable bonds is 10. The Balaban J connectivity index is 0.00000456. The van der Waals surface area contributed by atoms with Crippen molar-refractivity contribution in [3.05, 3.63) is 78.3 Å². The summed E-state index contributed by atoms with van der Waals surface area (Å²) in [6, 6.07) is 7.43. The second kappa shape index (κ2) is 12.7. The van der Waals surface area contributed by atoms with E-state index in [0.717, 1.165) is 36.0 Å². The van der Waals surface area contributed by atoms with Crippen LogP contribution in [0.3, 0.4) is 0 Å². The lowest BCUT2D eigenvalue weighted by molar-refractivity contribution is 0.254. The molecule has 2 atom stereocenters. The number of carbonyl (C=O) groups is 1.